The standard InChI is InChI=1S/C10H9BrFN3O/c1-13-5-9-14-10(16-15-9)6-2-3-8(12)7(11)4-6/h2-4,13H,5H2,1H3. The summed E-state index contributed by atoms with van der Waals surface area (Å²) in [7, 11) is 1.80. The summed E-state index contributed by atoms with van der Waals surface area (Å²) in [6, 6.07) is 4.55. The van der Waals surface area contributed by atoms with Crippen LogP contribution in [0.15, 0.2) is 27.2 Å². The van der Waals surface area contributed by atoms with Gasteiger partial charge in [-0.25, -0.2) is 4.39 Å². The number of halogens is 2. The molecular formula is C10H9BrFN3O. The van der Waals surface area contributed by atoms with Gasteiger partial charge in [0.1, 0.15) is 5.82 Å². The number of rotatable bonds is 3. The van der Waals surface area contributed by atoms with Gasteiger partial charge >= 0.3 is 0 Å². The van der Waals surface area contributed by atoms with Crippen molar-refractivity contribution in [3.05, 3.63) is 34.3 Å². The highest BCUT2D eigenvalue weighted by atomic mass is 79.9. The van der Waals surface area contributed by atoms with E-state index in [1.54, 1.807) is 19.2 Å². The lowest BCUT2D eigenvalue weighted by molar-refractivity contribution is 0.420. The van der Waals surface area contributed by atoms with E-state index in [1.165, 1.54) is 6.07 Å². The van der Waals surface area contributed by atoms with Crippen LogP contribution in [0, 0.1) is 5.82 Å². The molecule has 1 aromatic carbocycles. The lowest BCUT2D eigenvalue weighted by Gasteiger charge is -1.96. The van der Waals surface area contributed by atoms with Crippen molar-refractivity contribution >= 4 is 15.9 Å². The quantitative estimate of drug-likeness (QED) is 0.941. The molecule has 0 atom stereocenters. The highest BCUT2D eigenvalue weighted by molar-refractivity contribution is 9.10. The third kappa shape index (κ3) is 2.28. The molecule has 0 amide bonds. The van der Waals surface area contributed by atoms with Crippen molar-refractivity contribution in [1.29, 1.82) is 0 Å². The average molecular weight is 286 g/mol. The van der Waals surface area contributed by atoms with E-state index in [0.717, 1.165) is 0 Å². The molecule has 0 spiro atoms. The second-order valence-electron chi connectivity index (χ2n) is 3.17. The Morgan fingerprint density at radius 1 is 1.50 bits per heavy atom. The van der Waals surface area contributed by atoms with Crippen LogP contribution < -0.4 is 5.32 Å². The maximum absolute atomic E-state index is 13.0. The van der Waals surface area contributed by atoms with Crippen molar-refractivity contribution in [2.45, 2.75) is 6.54 Å². The summed E-state index contributed by atoms with van der Waals surface area (Å²) in [6.45, 7) is 0.534. The van der Waals surface area contributed by atoms with Gasteiger partial charge in [-0.3, -0.25) is 0 Å². The molecule has 0 aliphatic carbocycles. The molecule has 6 heteroatoms. The minimum atomic E-state index is -0.321. The van der Waals surface area contributed by atoms with Gasteiger partial charge in [0.25, 0.3) is 5.89 Å². The monoisotopic (exact) mass is 285 g/mol. The first kappa shape index (κ1) is 11.2. The Hall–Kier alpha value is -1.27. The van der Waals surface area contributed by atoms with E-state index in [-0.39, 0.29) is 5.82 Å². The van der Waals surface area contributed by atoms with Gasteiger partial charge in [0.15, 0.2) is 5.82 Å². The van der Waals surface area contributed by atoms with Crippen LogP contribution in [0.4, 0.5) is 4.39 Å². The zero-order valence-electron chi connectivity index (χ0n) is 8.50. The minimum absolute atomic E-state index is 0.321. The predicted octanol–water partition coefficient (Wildman–Crippen LogP) is 2.36. The summed E-state index contributed by atoms with van der Waals surface area (Å²) in [5.74, 6) is 0.627. The molecule has 0 aliphatic heterocycles. The van der Waals surface area contributed by atoms with E-state index in [2.05, 4.69) is 31.4 Å². The Labute approximate surface area is 100.0 Å². The Morgan fingerprint density at radius 3 is 3.00 bits per heavy atom. The van der Waals surface area contributed by atoms with Gasteiger partial charge in [0, 0.05) is 5.56 Å². The van der Waals surface area contributed by atoms with E-state index < -0.39 is 0 Å². The van der Waals surface area contributed by atoms with E-state index in [0.29, 0.717) is 28.3 Å². The normalized spacial score (nSPS) is 10.7. The van der Waals surface area contributed by atoms with Crippen molar-refractivity contribution in [1.82, 2.24) is 15.5 Å². The van der Waals surface area contributed by atoms with Gasteiger partial charge < -0.3 is 9.84 Å². The number of hydrogen-bond donors (Lipinski definition) is 1. The first-order valence-electron chi connectivity index (χ1n) is 4.63. The Bertz CT molecular complexity index is 501. The first-order chi connectivity index (χ1) is 7.70. The molecule has 2 rings (SSSR count). The Kier molecular flexibility index (Phi) is 3.31. The fraction of sp³-hybridized carbons (Fsp3) is 0.200. The molecular weight excluding hydrogens is 277 g/mol. The molecule has 4 nitrogen and oxygen atoms in total. The number of hydrogen-bond acceptors (Lipinski definition) is 4. The van der Waals surface area contributed by atoms with Gasteiger partial charge in [0.05, 0.1) is 11.0 Å². The van der Waals surface area contributed by atoms with E-state index >= 15 is 0 Å². The predicted molar refractivity (Wildman–Crippen MR) is 60.2 cm³/mol. The fourth-order valence-electron chi connectivity index (χ4n) is 1.23. The summed E-state index contributed by atoms with van der Waals surface area (Å²) >= 11 is 3.10. The summed E-state index contributed by atoms with van der Waals surface area (Å²) in [4.78, 5) is 4.16. The van der Waals surface area contributed by atoms with E-state index in [4.69, 9.17) is 4.52 Å². The van der Waals surface area contributed by atoms with Crippen LogP contribution in [-0.4, -0.2) is 17.2 Å². The van der Waals surface area contributed by atoms with Crippen LogP contribution in [0.2, 0.25) is 0 Å². The van der Waals surface area contributed by atoms with Gasteiger partial charge in [-0.1, -0.05) is 5.16 Å². The molecule has 0 aliphatic rings. The van der Waals surface area contributed by atoms with Gasteiger partial charge in [0.2, 0.25) is 0 Å². The highest BCUT2D eigenvalue weighted by Gasteiger charge is 2.09. The van der Waals surface area contributed by atoms with E-state index in [9.17, 15) is 4.39 Å². The lowest BCUT2D eigenvalue weighted by atomic mass is 10.2. The second-order valence-corrected chi connectivity index (χ2v) is 4.03. The Balaban J connectivity index is 2.31. The van der Waals surface area contributed by atoms with Crippen LogP contribution >= 0.6 is 15.9 Å². The molecule has 1 N–H and O–H groups in total. The Morgan fingerprint density at radius 2 is 2.31 bits per heavy atom. The van der Waals surface area contributed by atoms with Crippen molar-refractivity contribution in [2.24, 2.45) is 0 Å². The molecule has 0 saturated carbocycles. The van der Waals surface area contributed by atoms with Crippen LogP contribution in [0.1, 0.15) is 5.82 Å². The average Bonchev–Trinajstić information content (AvgIpc) is 2.71. The van der Waals surface area contributed by atoms with Gasteiger partial charge in [-0.15, -0.1) is 0 Å². The third-order valence-electron chi connectivity index (χ3n) is 1.97. The summed E-state index contributed by atoms with van der Waals surface area (Å²) in [6.07, 6.45) is 0. The lowest BCUT2D eigenvalue weighted by Crippen LogP contribution is -2.06. The molecule has 84 valence electrons. The molecule has 2 aromatic rings. The maximum Gasteiger partial charge on any atom is 0.258 e. The first-order valence-corrected chi connectivity index (χ1v) is 5.42. The van der Waals surface area contributed by atoms with E-state index in [1.807, 2.05) is 0 Å². The van der Waals surface area contributed by atoms with Crippen molar-refractivity contribution in [3.8, 4) is 11.5 Å². The molecule has 0 unspecified atom stereocenters. The van der Waals surface area contributed by atoms with Gasteiger partial charge in [-0.05, 0) is 41.2 Å². The summed E-state index contributed by atoms with van der Waals surface area (Å²) < 4.78 is 18.4. The minimum Gasteiger partial charge on any atom is -0.334 e. The molecule has 1 heterocycles. The molecule has 16 heavy (non-hydrogen) atoms. The number of nitrogens with one attached hydrogen (secondary N) is 1. The second kappa shape index (κ2) is 4.71. The molecule has 0 bridgehead atoms. The van der Waals surface area contributed by atoms with Gasteiger partial charge in [-0.2, -0.15) is 4.98 Å². The molecule has 0 saturated heterocycles. The summed E-state index contributed by atoms with van der Waals surface area (Å²) in [5.41, 5.74) is 0.683. The summed E-state index contributed by atoms with van der Waals surface area (Å²) in [5, 5.41) is 6.69. The number of benzene rings is 1. The smallest absolute Gasteiger partial charge is 0.258 e. The maximum atomic E-state index is 13.0. The van der Waals surface area contributed by atoms with Crippen LogP contribution in [0.3, 0.4) is 0 Å². The number of nitrogens with zero attached hydrogens (tertiary/aromatic N) is 2. The van der Waals surface area contributed by atoms with Crippen molar-refractivity contribution in [3.63, 3.8) is 0 Å². The SMILES string of the molecule is CNCc1noc(-c2ccc(F)c(Br)c2)n1. The topological polar surface area (TPSA) is 51.0 Å². The highest BCUT2D eigenvalue weighted by Crippen LogP contribution is 2.23. The number of aromatic nitrogens is 2. The zero-order chi connectivity index (χ0) is 11.5. The zero-order valence-corrected chi connectivity index (χ0v) is 10.1. The third-order valence-corrected chi connectivity index (χ3v) is 2.58. The van der Waals surface area contributed by atoms with Crippen LogP contribution in [-0.2, 0) is 6.54 Å². The molecule has 0 radical (unpaired) electrons. The van der Waals surface area contributed by atoms with Crippen molar-refractivity contribution < 1.29 is 8.91 Å². The fourth-order valence-corrected chi connectivity index (χ4v) is 1.61. The molecule has 0 fully saturated rings. The van der Waals surface area contributed by atoms with Crippen LogP contribution in [0.25, 0.3) is 11.5 Å². The largest absolute Gasteiger partial charge is 0.334 e. The van der Waals surface area contributed by atoms with Crippen molar-refractivity contribution in [2.75, 3.05) is 7.05 Å². The van der Waals surface area contributed by atoms with Crippen LogP contribution in [0.5, 0.6) is 0 Å². The molecule has 1 aromatic heterocycles.